The first kappa shape index (κ1) is 15.4. The van der Waals surface area contributed by atoms with Crippen LogP contribution in [0.3, 0.4) is 0 Å². The van der Waals surface area contributed by atoms with Gasteiger partial charge in [0.1, 0.15) is 5.54 Å². The van der Waals surface area contributed by atoms with Crippen molar-refractivity contribution in [1.29, 1.82) is 0 Å². The average molecular weight is 319 g/mol. The van der Waals surface area contributed by atoms with Crippen LogP contribution in [0.5, 0.6) is 0 Å². The Kier molecular flexibility index (Phi) is 3.77. The first-order valence-corrected chi connectivity index (χ1v) is 7.42. The summed E-state index contributed by atoms with van der Waals surface area (Å²) >= 11 is 0. The second-order valence-corrected chi connectivity index (χ2v) is 5.91. The number of ether oxygens (including phenoxy) is 1. The molecular formula is C15H17N3O5. The van der Waals surface area contributed by atoms with E-state index in [1.807, 2.05) is 0 Å². The minimum Gasteiger partial charge on any atom is -0.376 e. The van der Waals surface area contributed by atoms with E-state index in [2.05, 4.69) is 5.32 Å². The Hall–Kier alpha value is -2.48. The zero-order valence-electron chi connectivity index (χ0n) is 12.7. The average Bonchev–Trinajstić information content (AvgIpc) is 3.11. The molecule has 0 radical (unpaired) electrons. The smallest absolute Gasteiger partial charge is 0.325 e. The number of hydrogen-bond donors (Lipinski definition) is 1. The normalized spacial score (nSPS) is 27.3. The fourth-order valence-electron chi connectivity index (χ4n) is 2.97. The van der Waals surface area contributed by atoms with E-state index in [0.29, 0.717) is 12.2 Å². The van der Waals surface area contributed by atoms with Crippen molar-refractivity contribution in [3.05, 3.63) is 39.9 Å². The molecule has 1 aromatic rings. The molecule has 2 fully saturated rings. The van der Waals surface area contributed by atoms with Crippen LogP contribution in [-0.4, -0.2) is 41.0 Å². The Morgan fingerprint density at radius 2 is 2.09 bits per heavy atom. The lowest BCUT2D eigenvalue weighted by Gasteiger charge is -2.23. The third-order valence-corrected chi connectivity index (χ3v) is 4.34. The summed E-state index contributed by atoms with van der Waals surface area (Å²) < 4.78 is 5.48. The summed E-state index contributed by atoms with van der Waals surface area (Å²) in [7, 11) is 0. The molecule has 1 N–H and O–H groups in total. The van der Waals surface area contributed by atoms with Gasteiger partial charge in [-0.3, -0.25) is 19.8 Å². The van der Waals surface area contributed by atoms with Gasteiger partial charge >= 0.3 is 6.03 Å². The molecular weight excluding hydrogens is 302 g/mol. The molecule has 1 aromatic carbocycles. The summed E-state index contributed by atoms with van der Waals surface area (Å²) in [6.45, 7) is 2.48. The molecule has 2 aliphatic heterocycles. The largest absolute Gasteiger partial charge is 0.376 e. The first-order chi connectivity index (χ1) is 10.9. The molecule has 8 nitrogen and oxygen atoms in total. The van der Waals surface area contributed by atoms with E-state index in [1.54, 1.807) is 6.92 Å². The summed E-state index contributed by atoms with van der Waals surface area (Å²) in [5, 5.41) is 13.4. The third kappa shape index (κ3) is 2.65. The van der Waals surface area contributed by atoms with Crippen molar-refractivity contribution in [2.24, 2.45) is 0 Å². The van der Waals surface area contributed by atoms with Gasteiger partial charge in [0, 0.05) is 18.7 Å². The molecule has 23 heavy (non-hydrogen) atoms. The Labute approximate surface area is 132 Å². The van der Waals surface area contributed by atoms with Crippen molar-refractivity contribution in [2.75, 3.05) is 13.2 Å². The summed E-state index contributed by atoms with van der Waals surface area (Å²) in [6.07, 6.45) is 1.63. The number of nitrogens with one attached hydrogen (secondary N) is 1. The molecule has 0 unspecified atom stereocenters. The maximum Gasteiger partial charge on any atom is 0.325 e. The number of amides is 3. The van der Waals surface area contributed by atoms with E-state index in [1.165, 1.54) is 24.3 Å². The van der Waals surface area contributed by atoms with Crippen molar-refractivity contribution < 1.29 is 19.2 Å². The predicted molar refractivity (Wildman–Crippen MR) is 79.7 cm³/mol. The SMILES string of the molecule is C[C@@]1(c2ccc([N+](=O)[O-])cc2)NC(=O)N(C[C@@H]2CCCO2)C1=O. The zero-order chi connectivity index (χ0) is 16.6. The molecule has 0 bridgehead atoms. The van der Waals surface area contributed by atoms with E-state index in [9.17, 15) is 19.7 Å². The van der Waals surface area contributed by atoms with Crippen LogP contribution in [0, 0.1) is 10.1 Å². The number of imide groups is 1. The lowest BCUT2D eigenvalue weighted by Crippen LogP contribution is -2.42. The van der Waals surface area contributed by atoms with E-state index in [4.69, 9.17) is 4.74 Å². The molecule has 2 atom stereocenters. The van der Waals surface area contributed by atoms with Gasteiger partial charge < -0.3 is 10.1 Å². The first-order valence-electron chi connectivity index (χ1n) is 7.42. The van der Waals surface area contributed by atoms with Crippen molar-refractivity contribution in [3.63, 3.8) is 0 Å². The van der Waals surface area contributed by atoms with Gasteiger partial charge in [0.05, 0.1) is 17.6 Å². The monoisotopic (exact) mass is 319 g/mol. The van der Waals surface area contributed by atoms with Gasteiger partial charge in [-0.05, 0) is 37.5 Å². The summed E-state index contributed by atoms with van der Waals surface area (Å²) in [5.41, 5.74) is -0.771. The summed E-state index contributed by atoms with van der Waals surface area (Å²) in [4.78, 5) is 36.2. The van der Waals surface area contributed by atoms with E-state index in [-0.39, 0.29) is 24.2 Å². The number of carbonyl (C=O) groups is 2. The number of urea groups is 1. The number of nitro benzene ring substituents is 1. The molecule has 3 rings (SSSR count). The number of carbonyl (C=O) groups excluding carboxylic acids is 2. The number of rotatable bonds is 4. The molecule has 0 aromatic heterocycles. The molecule has 8 heteroatoms. The van der Waals surface area contributed by atoms with E-state index >= 15 is 0 Å². The Morgan fingerprint density at radius 1 is 1.39 bits per heavy atom. The summed E-state index contributed by atoms with van der Waals surface area (Å²) in [6, 6.07) is 5.16. The highest BCUT2D eigenvalue weighted by atomic mass is 16.6. The van der Waals surface area contributed by atoms with Gasteiger partial charge in [0.15, 0.2) is 0 Å². The minimum absolute atomic E-state index is 0.0645. The third-order valence-electron chi connectivity index (χ3n) is 4.34. The van der Waals surface area contributed by atoms with E-state index < -0.39 is 16.5 Å². The van der Waals surface area contributed by atoms with Gasteiger partial charge in [-0.1, -0.05) is 0 Å². The fraction of sp³-hybridized carbons (Fsp3) is 0.467. The number of nitro groups is 1. The lowest BCUT2D eigenvalue weighted by atomic mass is 9.92. The van der Waals surface area contributed by atoms with Crippen LogP contribution in [0.4, 0.5) is 10.5 Å². The second-order valence-electron chi connectivity index (χ2n) is 5.91. The Bertz CT molecular complexity index is 654. The molecule has 2 aliphatic rings. The van der Waals surface area contributed by atoms with Crippen molar-refractivity contribution in [3.8, 4) is 0 Å². The highest BCUT2D eigenvalue weighted by molar-refractivity contribution is 6.07. The second kappa shape index (κ2) is 5.62. The number of benzene rings is 1. The number of hydrogen-bond acceptors (Lipinski definition) is 5. The van der Waals surface area contributed by atoms with Crippen molar-refractivity contribution in [1.82, 2.24) is 10.2 Å². The van der Waals surface area contributed by atoms with E-state index in [0.717, 1.165) is 17.7 Å². The molecule has 0 saturated carbocycles. The van der Waals surface area contributed by atoms with Crippen LogP contribution in [0.15, 0.2) is 24.3 Å². The fourth-order valence-corrected chi connectivity index (χ4v) is 2.97. The molecule has 0 aliphatic carbocycles. The van der Waals surface area contributed by atoms with Crippen LogP contribution in [0.2, 0.25) is 0 Å². The molecule has 0 spiro atoms. The summed E-state index contributed by atoms with van der Waals surface area (Å²) in [5.74, 6) is -0.369. The predicted octanol–water partition coefficient (Wildman–Crippen LogP) is 1.54. The highest BCUT2D eigenvalue weighted by Crippen LogP contribution is 2.30. The molecule has 3 amide bonds. The van der Waals surface area contributed by atoms with Crippen LogP contribution in [-0.2, 0) is 15.1 Å². The maximum atomic E-state index is 12.7. The topological polar surface area (TPSA) is 102 Å². The zero-order valence-corrected chi connectivity index (χ0v) is 12.7. The maximum absolute atomic E-state index is 12.7. The van der Waals surface area contributed by atoms with Crippen LogP contribution in [0.25, 0.3) is 0 Å². The van der Waals surface area contributed by atoms with Crippen LogP contribution < -0.4 is 5.32 Å². The standard InChI is InChI=1S/C15H17N3O5/c1-15(10-4-6-11(7-5-10)18(21)22)13(19)17(14(20)16-15)9-12-3-2-8-23-12/h4-7,12H,2-3,8-9H2,1H3,(H,16,20)/t12-,15-/m0/s1. The van der Waals surface area contributed by atoms with Crippen molar-refractivity contribution >= 4 is 17.6 Å². The van der Waals surface area contributed by atoms with Crippen molar-refractivity contribution in [2.45, 2.75) is 31.4 Å². The van der Waals surface area contributed by atoms with Gasteiger partial charge in [0.2, 0.25) is 0 Å². The van der Waals surface area contributed by atoms with Gasteiger partial charge in [-0.25, -0.2) is 4.79 Å². The van der Waals surface area contributed by atoms with Gasteiger partial charge in [-0.15, -0.1) is 0 Å². The lowest BCUT2D eigenvalue weighted by molar-refractivity contribution is -0.384. The molecule has 122 valence electrons. The molecule has 2 heterocycles. The highest BCUT2D eigenvalue weighted by Gasteiger charge is 2.49. The van der Waals surface area contributed by atoms with Gasteiger partial charge in [-0.2, -0.15) is 0 Å². The van der Waals surface area contributed by atoms with Crippen LogP contribution >= 0.6 is 0 Å². The Morgan fingerprint density at radius 3 is 2.65 bits per heavy atom. The quantitative estimate of drug-likeness (QED) is 0.515. The van der Waals surface area contributed by atoms with Gasteiger partial charge in [0.25, 0.3) is 11.6 Å². The minimum atomic E-state index is -1.22. The number of nitrogens with zero attached hydrogens (tertiary/aromatic N) is 2. The Balaban J connectivity index is 1.82. The number of non-ortho nitro benzene ring substituents is 1. The molecule has 2 saturated heterocycles. The van der Waals surface area contributed by atoms with Crippen LogP contribution in [0.1, 0.15) is 25.3 Å².